The number of rotatable bonds is 2. The van der Waals surface area contributed by atoms with Gasteiger partial charge in [-0.15, -0.1) is 0 Å². The van der Waals surface area contributed by atoms with E-state index in [-0.39, 0.29) is 24.0 Å². The van der Waals surface area contributed by atoms with Crippen LogP contribution in [0, 0.1) is 0 Å². The van der Waals surface area contributed by atoms with Crippen molar-refractivity contribution in [3.8, 4) is 5.75 Å². The van der Waals surface area contributed by atoms with Gasteiger partial charge >= 0.3 is 5.89 Å². The Balaban J connectivity index is 0.00000196. The predicted octanol–water partition coefficient (Wildman–Crippen LogP) is 1.95. The molecule has 0 amide bonds. The molecule has 0 atom stereocenters. The van der Waals surface area contributed by atoms with Crippen LogP contribution in [0.4, 0.5) is 5.69 Å². The van der Waals surface area contributed by atoms with Gasteiger partial charge in [-0.2, -0.15) is 4.57 Å². The Kier molecular flexibility index (Phi) is 5.50. The van der Waals surface area contributed by atoms with E-state index in [4.69, 9.17) is 32.4 Å². The lowest BCUT2D eigenvalue weighted by atomic mass is 10.3. The normalized spacial score (nSPS) is 14.8. The van der Waals surface area contributed by atoms with Crippen LogP contribution in [0.15, 0.2) is 58.9 Å². The number of halogens is 3. The van der Waals surface area contributed by atoms with Crippen LogP contribution in [0.1, 0.15) is 5.89 Å². The average molecular weight is 501 g/mol. The summed E-state index contributed by atoms with van der Waals surface area (Å²) in [6.07, 6.45) is 5.65. The van der Waals surface area contributed by atoms with Crippen molar-refractivity contribution in [3.05, 3.63) is 70.4 Å². The maximum atomic E-state index is 6.05. The number of aromatic nitrogens is 1. The SMILES string of the molecule is CN1C(=CC=Cc2oc3ccc(Cl)cc3[n+]2C)Oc2ccc(Cl)cc21.[I-]. The second-order valence-corrected chi connectivity index (χ2v) is 6.62. The van der Waals surface area contributed by atoms with Crippen molar-refractivity contribution in [1.29, 1.82) is 0 Å². The molecule has 134 valence electrons. The number of allylic oxidation sites excluding steroid dienone is 2. The van der Waals surface area contributed by atoms with E-state index in [1.165, 1.54) is 0 Å². The highest BCUT2D eigenvalue weighted by Crippen LogP contribution is 2.39. The summed E-state index contributed by atoms with van der Waals surface area (Å²) in [5.41, 5.74) is 2.67. The Morgan fingerprint density at radius 2 is 1.81 bits per heavy atom. The van der Waals surface area contributed by atoms with Crippen molar-refractivity contribution in [2.75, 3.05) is 11.9 Å². The first-order valence-electron chi connectivity index (χ1n) is 7.70. The Morgan fingerprint density at radius 1 is 1.08 bits per heavy atom. The van der Waals surface area contributed by atoms with Crippen molar-refractivity contribution in [2.45, 2.75) is 0 Å². The van der Waals surface area contributed by atoms with Gasteiger partial charge in [0.1, 0.15) is 7.05 Å². The summed E-state index contributed by atoms with van der Waals surface area (Å²) in [6.45, 7) is 0. The second kappa shape index (κ2) is 7.50. The fourth-order valence-corrected chi connectivity index (χ4v) is 3.11. The highest BCUT2D eigenvalue weighted by atomic mass is 127. The molecule has 0 aliphatic carbocycles. The lowest BCUT2D eigenvalue weighted by Crippen LogP contribution is -3.00. The molecule has 26 heavy (non-hydrogen) atoms. The number of hydrogen-bond acceptors (Lipinski definition) is 3. The van der Waals surface area contributed by atoms with E-state index in [2.05, 4.69) is 0 Å². The topological polar surface area (TPSA) is 29.5 Å². The van der Waals surface area contributed by atoms with Gasteiger partial charge in [0.25, 0.3) is 5.52 Å². The highest BCUT2D eigenvalue weighted by molar-refractivity contribution is 6.31. The largest absolute Gasteiger partial charge is 1.00 e. The van der Waals surface area contributed by atoms with Gasteiger partial charge < -0.3 is 38.0 Å². The van der Waals surface area contributed by atoms with Gasteiger partial charge in [0.2, 0.25) is 5.58 Å². The number of hydrogen-bond donors (Lipinski definition) is 0. The van der Waals surface area contributed by atoms with Crippen molar-refractivity contribution in [2.24, 2.45) is 7.05 Å². The Bertz CT molecular complexity index is 1040. The van der Waals surface area contributed by atoms with E-state index in [1.807, 2.05) is 78.2 Å². The maximum Gasteiger partial charge on any atom is 0.373 e. The quantitative estimate of drug-likeness (QED) is 0.398. The van der Waals surface area contributed by atoms with E-state index in [0.29, 0.717) is 10.0 Å². The van der Waals surface area contributed by atoms with Gasteiger partial charge in [-0.05, 0) is 42.5 Å². The third-order valence-corrected chi connectivity index (χ3v) is 4.60. The van der Waals surface area contributed by atoms with Crippen LogP contribution in [0.3, 0.4) is 0 Å². The van der Waals surface area contributed by atoms with Crippen LogP contribution in [0.5, 0.6) is 5.75 Å². The molecular weight excluding hydrogens is 486 g/mol. The fraction of sp³-hybridized carbons (Fsp3) is 0.105. The summed E-state index contributed by atoms with van der Waals surface area (Å²) in [5, 5.41) is 1.36. The van der Waals surface area contributed by atoms with Crippen LogP contribution in [0.25, 0.3) is 17.2 Å². The molecule has 7 heteroatoms. The molecule has 1 aliphatic rings. The molecule has 4 rings (SSSR count). The molecule has 1 aliphatic heterocycles. The van der Waals surface area contributed by atoms with Gasteiger partial charge in [-0.1, -0.05) is 23.2 Å². The van der Waals surface area contributed by atoms with E-state index in [9.17, 15) is 0 Å². The molecule has 0 N–H and O–H groups in total. The van der Waals surface area contributed by atoms with Crippen LogP contribution < -0.4 is 38.2 Å². The molecule has 0 unspecified atom stereocenters. The third kappa shape index (κ3) is 3.43. The zero-order chi connectivity index (χ0) is 17.6. The molecular formula is C19H15Cl2IN2O2. The van der Waals surface area contributed by atoms with Gasteiger partial charge in [0.15, 0.2) is 11.6 Å². The molecule has 0 bridgehead atoms. The van der Waals surface area contributed by atoms with Gasteiger partial charge in [-0.25, -0.2) is 0 Å². The molecule has 2 aromatic carbocycles. The summed E-state index contributed by atoms with van der Waals surface area (Å²) in [4.78, 5) is 1.95. The van der Waals surface area contributed by atoms with Crippen LogP contribution in [0.2, 0.25) is 10.0 Å². The van der Waals surface area contributed by atoms with Gasteiger partial charge in [-0.3, -0.25) is 0 Å². The van der Waals surface area contributed by atoms with Crippen LogP contribution >= 0.6 is 23.2 Å². The molecule has 4 nitrogen and oxygen atoms in total. The van der Waals surface area contributed by atoms with E-state index in [1.54, 1.807) is 0 Å². The zero-order valence-electron chi connectivity index (χ0n) is 14.0. The molecule has 0 saturated carbocycles. The standard InChI is InChI=1S/C19H15Cl2N2O2.HI/c1-22-14-10-12(20)6-8-16(14)24-18(22)4-3-5-19-23(2)15-11-13(21)7-9-17(15)25-19;/h3-11H,1-2H3;1H/q+1;/p-1. The first-order valence-corrected chi connectivity index (χ1v) is 8.46. The Morgan fingerprint density at radius 3 is 2.62 bits per heavy atom. The van der Waals surface area contributed by atoms with Crippen molar-refractivity contribution < 1.29 is 37.7 Å². The Hall–Kier alpha value is -1.70. The first-order chi connectivity index (χ1) is 12.0. The highest BCUT2D eigenvalue weighted by Gasteiger charge is 2.22. The zero-order valence-corrected chi connectivity index (χ0v) is 17.7. The van der Waals surface area contributed by atoms with Crippen LogP contribution in [-0.4, -0.2) is 7.05 Å². The second-order valence-electron chi connectivity index (χ2n) is 5.75. The summed E-state index contributed by atoms with van der Waals surface area (Å²) in [5.74, 6) is 2.22. The first kappa shape index (κ1) is 19.1. The van der Waals surface area contributed by atoms with Crippen molar-refractivity contribution >= 4 is 46.1 Å². The molecule has 1 aromatic heterocycles. The maximum absolute atomic E-state index is 6.05. The minimum absolute atomic E-state index is 0. The molecule has 0 radical (unpaired) electrons. The minimum atomic E-state index is 0. The lowest BCUT2D eigenvalue weighted by Gasteiger charge is -2.09. The third-order valence-electron chi connectivity index (χ3n) is 4.13. The molecule has 3 aromatic rings. The molecule has 0 spiro atoms. The van der Waals surface area contributed by atoms with Crippen molar-refractivity contribution in [3.63, 3.8) is 0 Å². The smallest absolute Gasteiger partial charge is 0.373 e. The number of fused-ring (bicyclic) bond motifs is 2. The summed E-state index contributed by atoms with van der Waals surface area (Å²) < 4.78 is 13.6. The molecule has 0 saturated heterocycles. The minimum Gasteiger partial charge on any atom is -1.00 e. The molecule has 2 heterocycles. The number of aryl methyl sites for hydroxylation is 1. The summed E-state index contributed by atoms with van der Waals surface area (Å²) in [6, 6.07) is 11.1. The summed E-state index contributed by atoms with van der Waals surface area (Å²) >= 11 is 12.1. The number of benzene rings is 2. The van der Waals surface area contributed by atoms with E-state index in [0.717, 1.165) is 34.3 Å². The fourth-order valence-electron chi connectivity index (χ4n) is 2.78. The van der Waals surface area contributed by atoms with Crippen LogP contribution in [-0.2, 0) is 7.05 Å². The summed E-state index contributed by atoms with van der Waals surface area (Å²) in [7, 11) is 3.87. The number of anilines is 1. The van der Waals surface area contributed by atoms with E-state index < -0.39 is 0 Å². The number of ether oxygens (including phenoxy) is 1. The molecule has 0 fully saturated rings. The lowest BCUT2D eigenvalue weighted by molar-refractivity contribution is -0.652. The Labute approximate surface area is 178 Å². The van der Waals surface area contributed by atoms with Gasteiger partial charge in [0, 0.05) is 23.2 Å². The van der Waals surface area contributed by atoms with E-state index >= 15 is 0 Å². The average Bonchev–Trinajstić information content (AvgIpc) is 3.06. The number of nitrogens with zero attached hydrogens (tertiary/aromatic N) is 2. The number of oxazole rings is 1. The van der Waals surface area contributed by atoms with Gasteiger partial charge in [0.05, 0.1) is 11.8 Å². The monoisotopic (exact) mass is 500 g/mol. The van der Waals surface area contributed by atoms with Crippen molar-refractivity contribution in [1.82, 2.24) is 0 Å². The predicted molar refractivity (Wildman–Crippen MR) is 100 cm³/mol.